The molecule has 1 aliphatic heterocycles. The van der Waals surface area contributed by atoms with E-state index in [1.54, 1.807) is 0 Å². The van der Waals surface area contributed by atoms with Crippen LogP contribution in [-0.4, -0.2) is 0 Å². The van der Waals surface area contributed by atoms with Gasteiger partial charge in [0, 0.05) is 10.9 Å². The van der Waals surface area contributed by atoms with E-state index in [9.17, 15) is 0 Å². The van der Waals surface area contributed by atoms with Crippen molar-refractivity contribution < 1.29 is 4.74 Å². The lowest BCUT2D eigenvalue weighted by atomic mass is 9.70. The highest BCUT2D eigenvalue weighted by atomic mass is 16.5. The molecule has 2 aliphatic carbocycles. The van der Waals surface area contributed by atoms with E-state index in [0.717, 1.165) is 17.1 Å². The Hall–Kier alpha value is -6.18. The van der Waals surface area contributed by atoms with Gasteiger partial charge in [-0.3, -0.25) is 0 Å². The minimum absolute atomic E-state index is 0.356. The van der Waals surface area contributed by atoms with E-state index >= 15 is 0 Å². The lowest BCUT2D eigenvalue weighted by molar-refractivity contribution is 0.487. The molecule has 3 aliphatic rings. The Bertz CT molecular complexity index is 2580. The molecule has 1 nitrogen and oxygen atoms in total. The monoisotopic (exact) mass is 608 g/mol. The highest BCUT2D eigenvalue weighted by Gasteiger charge is 2.51. The molecule has 11 rings (SSSR count). The van der Waals surface area contributed by atoms with Gasteiger partial charge in [-0.1, -0.05) is 146 Å². The summed E-state index contributed by atoms with van der Waals surface area (Å²) in [5, 5.41) is 2.38. The van der Waals surface area contributed by atoms with Crippen LogP contribution >= 0.6 is 0 Å². The van der Waals surface area contributed by atoms with E-state index < -0.39 is 0 Å². The average molecular weight is 609 g/mol. The highest BCUT2D eigenvalue weighted by molar-refractivity contribution is 6.10. The molecule has 1 heterocycles. The topological polar surface area (TPSA) is 9.23 Å². The van der Waals surface area contributed by atoms with Crippen LogP contribution in [-0.2, 0) is 5.41 Å². The zero-order valence-corrected chi connectivity index (χ0v) is 26.1. The minimum Gasteiger partial charge on any atom is -0.456 e. The van der Waals surface area contributed by atoms with Gasteiger partial charge in [-0.05, 0) is 102 Å². The van der Waals surface area contributed by atoms with Gasteiger partial charge < -0.3 is 4.74 Å². The summed E-state index contributed by atoms with van der Waals surface area (Å²) < 4.78 is 6.60. The van der Waals surface area contributed by atoms with Crippen molar-refractivity contribution in [2.45, 2.75) is 5.41 Å². The summed E-state index contributed by atoms with van der Waals surface area (Å²) in [5.41, 5.74) is 17.6. The zero-order valence-electron chi connectivity index (χ0n) is 26.1. The molecule has 0 atom stereocenters. The first-order chi connectivity index (χ1) is 23.8. The van der Waals surface area contributed by atoms with E-state index in [1.807, 2.05) is 0 Å². The average Bonchev–Trinajstić information content (AvgIpc) is 3.62. The number of fused-ring (bicyclic) bond motifs is 12. The standard InChI is InChI=1S/C47H28O/c1-2-11-29(12-3-1)32-24-26-45-46-37(32)16-10-17-38(46)39-27-30(22-25-44(39)48-45)31-21-23-36-35-15-6-9-20-42(35)47(43(36)28-31)40-18-7-4-13-33(40)34-14-5-8-19-41(34)47/h1-28H. The summed E-state index contributed by atoms with van der Waals surface area (Å²) in [5.74, 6) is 1.81. The molecule has 8 aromatic carbocycles. The van der Waals surface area contributed by atoms with Gasteiger partial charge in [0.05, 0.1) is 5.41 Å². The van der Waals surface area contributed by atoms with Crippen LogP contribution in [0.3, 0.4) is 0 Å². The van der Waals surface area contributed by atoms with Crippen LogP contribution in [0.1, 0.15) is 22.3 Å². The molecule has 0 bridgehead atoms. The lowest BCUT2D eigenvalue weighted by Crippen LogP contribution is -2.25. The van der Waals surface area contributed by atoms with Gasteiger partial charge in [0.15, 0.2) is 0 Å². The molecule has 48 heavy (non-hydrogen) atoms. The summed E-state index contributed by atoms with van der Waals surface area (Å²) in [4.78, 5) is 0. The molecule has 0 N–H and O–H groups in total. The summed E-state index contributed by atoms with van der Waals surface area (Å²) in [6.45, 7) is 0. The molecule has 0 aromatic heterocycles. The van der Waals surface area contributed by atoms with E-state index in [0.29, 0.717) is 0 Å². The molecular formula is C47H28O. The van der Waals surface area contributed by atoms with Crippen LogP contribution in [0.4, 0.5) is 0 Å². The first-order valence-electron chi connectivity index (χ1n) is 16.7. The van der Waals surface area contributed by atoms with E-state index in [1.165, 1.54) is 83.1 Å². The number of benzene rings is 8. The Morgan fingerprint density at radius 1 is 0.312 bits per heavy atom. The van der Waals surface area contributed by atoms with Crippen LogP contribution in [0.2, 0.25) is 0 Å². The van der Waals surface area contributed by atoms with Crippen molar-refractivity contribution in [2.24, 2.45) is 0 Å². The molecule has 222 valence electrons. The summed E-state index contributed by atoms with van der Waals surface area (Å²) in [6, 6.07) is 62.4. The number of hydrogen-bond donors (Lipinski definition) is 0. The Morgan fingerprint density at radius 2 is 0.854 bits per heavy atom. The van der Waals surface area contributed by atoms with Crippen molar-refractivity contribution >= 4 is 10.8 Å². The molecule has 0 fully saturated rings. The third-order valence-corrected chi connectivity index (χ3v) is 10.9. The molecule has 8 aromatic rings. The van der Waals surface area contributed by atoms with Gasteiger partial charge in [-0.2, -0.15) is 0 Å². The third kappa shape index (κ3) is 3.25. The van der Waals surface area contributed by atoms with Crippen LogP contribution in [0.25, 0.3) is 66.4 Å². The van der Waals surface area contributed by atoms with E-state index in [-0.39, 0.29) is 5.41 Å². The quantitative estimate of drug-likeness (QED) is 0.190. The Labute approximate surface area is 279 Å². The van der Waals surface area contributed by atoms with Crippen LogP contribution < -0.4 is 4.74 Å². The summed E-state index contributed by atoms with van der Waals surface area (Å²) in [7, 11) is 0. The van der Waals surface area contributed by atoms with Crippen molar-refractivity contribution in [1.29, 1.82) is 0 Å². The van der Waals surface area contributed by atoms with Crippen molar-refractivity contribution in [3.8, 4) is 67.1 Å². The third-order valence-electron chi connectivity index (χ3n) is 10.9. The normalized spacial score (nSPS) is 13.8. The Morgan fingerprint density at radius 3 is 1.56 bits per heavy atom. The fourth-order valence-corrected chi connectivity index (χ4v) is 8.96. The number of hydrogen-bond acceptors (Lipinski definition) is 1. The van der Waals surface area contributed by atoms with Crippen molar-refractivity contribution in [1.82, 2.24) is 0 Å². The van der Waals surface area contributed by atoms with Crippen LogP contribution in [0, 0.1) is 0 Å². The second-order valence-corrected chi connectivity index (χ2v) is 13.2. The minimum atomic E-state index is -0.356. The smallest absolute Gasteiger partial charge is 0.135 e. The van der Waals surface area contributed by atoms with Gasteiger partial charge in [-0.15, -0.1) is 0 Å². The SMILES string of the molecule is c1ccc(-c2ccc3c4c(cccc24)-c2cc(-c4ccc5c(c4)C4(c6ccccc6-c6ccccc64)c4ccccc4-5)ccc2O3)cc1. The van der Waals surface area contributed by atoms with Gasteiger partial charge in [0.1, 0.15) is 11.5 Å². The maximum absolute atomic E-state index is 6.60. The van der Waals surface area contributed by atoms with Gasteiger partial charge in [0.25, 0.3) is 0 Å². The maximum atomic E-state index is 6.60. The lowest BCUT2D eigenvalue weighted by Gasteiger charge is -2.30. The highest BCUT2D eigenvalue weighted by Crippen LogP contribution is 2.63. The predicted molar refractivity (Wildman–Crippen MR) is 197 cm³/mol. The molecule has 0 amide bonds. The predicted octanol–water partition coefficient (Wildman–Crippen LogP) is 12.3. The van der Waals surface area contributed by atoms with Crippen LogP contribution in [0.5, 0.6) is 11.5 Å². The molecule has 1 heteroatoms. The van der Waals surface area contributed by atoms with Crippen molar-refractivity contribution in [3.05, 3.63) is 192 Å². The second-order valence-electron chi connectivity index (χ2n) is 13.2. The van der Waals surface area contributed by atoms with E-state index in [4.69, 9.17) is 4.74 Å². The molecule has 1 spiro atoms. The zero-order chi connectivity index (χ0) is 31.4. The molecular weight excluding hydrogens is 581 g/mol. The Kier molecular flexibility index (Phi) is 5.10. The Balaban J connectivity index is 1.12. The van der Waals surface area contributed by atoms with Gasteiger partial charge in [-0.25, -0.2) is 0 Å². The molecule has 0 unspecified atom stereocenters. The number of rotatable bonds is 2. The van der Waals surface area contributed by atoms with Crippen molar-refractivity contribution in [2.75, 3.05) is 0 Å². The van der Waals surface area contributed by atoms with Crippen molar-refractivity contribution in [3.63, 3.8) is 0 Å². The molecule has 0 saturated heterocycles. The summed E-state index contributed by atoms with van der Waals surface area (Å²) >= 11 is 0. The summed E-state index contributed by atoms with van der Waals surface area (Å²) in [6.07, 6.45) is 0. The fraction of sp³-hybridized carbons (Fsp3) is 0.0213. The van der Waals surface area contributed by atoms with Crippen LogP contribution in [0.15, 0.2) is 170 Å². The number of ether oxygens (including phenoxy) is 1. The first kappa shape index (κ1) is 25.9. The van der Waals surface area contributed by atoms with E-state index in [2.05, 4.69) is 170 Å². The maximum Gasteiger partial charge on any atom is 0.135 e. The first-order valence-corrected chi connectivity index (χ1v) is 16.7. The largest absolute Gasteiger partial charge is 0.456 e. The second kappa shape index (κ2) is 9.44. The molecule has 0 radical (unpaired) electrons. The van der Waals surface area contributed by atoms with Gasteiger partial charge >= 0.3 is 0 Å². The fourth-order valence-electron chi connectivity index (χ4n) is 8.96. The molecule has 0 saturated carbocycles. The van der Waals surface area contributed by atoms with Gasteiger partial charge in [0.2, 0.25) is 0 Å².